The molecule has 90 valence electrons. The number of nitrogen functional groups attached to an aromatic ring is 1. The zero-order valence-corrected chi connectivity index (χ0v) is 9.74. The predicted molar refractivity (Wildman–Crippen MR) is 67.2 cm³/mol. The Morgan fingerprint density at radius 1 is 1.22 bits per heavy atom. The van der Waals surface area contributed by atoms with Crippen LogP contribution in [0.4, 0.5) is 5.95 Å². The Labute approximate surface area is 103 Å². The molecule has 6 heteroatoms. The minimum atomic E-state index is 0.175. The zero-order valence-electron chi connectivity index (χ0n) is 9.74. The highest BCUT2D eigenvalue weighted by Crippen LogP contribution is 2.22. The molecular weight excluding hydrogens is 230 g/mol. The molecule has 0 spiro atoms. The highest BCUT2D eigenvalue weighted by molar-refractivity contribution is 5.62. The van der Waals surface area contributed by atoms with E-state index in [1.54, 1.807) is 23.9 Å². The number of nitrogens with two attached hydrogens (primary N) is 1. The lowest BCUT2D eigenvalue weighted by Gasteiger charge is -2.06. The average molecular weight is 241 g/mol. The topological polar surface area (TPSA) is 78.3 Å². The lowest BCUT2D eigenvalue weighted by Crippen LogP contribution is -2.01. The molecule has 2 N–H and O–H groups in total. The smallest absolute Gasteiger partial charge is 0.223 e. The van der Waals surface area contributed by atoms with Gasteiger partial charge in [0.15, 0.2) is 0 Å². The zero-order chi connectivity index (χ0) is 12.5. The van der Waals surface area contributed by atoms with Gasteiger partial charge in [0.05, 0.1) is 30.2 Å². The third-order valence-corrected chi connectivity index (χ3v) is 2.61. The predicted octanol–water partition coefficient (Wildman–Crippen LogP) is 1.38. The van der Waals surface area contributed by atoms with Crippen molar-refractivity contribution in [2.45, 2.75) is 0 Å². The van der Waals surface area contributed by atoms with Gasteiger partial charge < -0.3 is 10.5 Å². The van der Waals surface area contributed by atoms with Crippen LogP contribution in [0.1, 0.15) is 0 Å². The number of rotatable bonds is 2. The molecule has 0 saturated heterocycles. The van der Waals surface area contributed by atoms with Crippen molar-refractivity contribution in [3.8, 4) is 17.3 Å². The van der Waals surface area contributed by atoms with E-state index < -0.39 is 0 Å². The summed E-state index contributed by atoms with van der Waals surface area (Å²) < 4.78 is 6.88. The number of ether oxygens (including phenoxy) is 1. The third kappa shape index (κ3) is 1.64. The van der Waals surface area contributed by atoms with Crippen LogP contribution in [0.15, 0.2) is 36.5 Å². The van der Waals surface area contributed by atoms with Gasteiger partial charge in [-0.3, -0.25) is 0 Å². The van der Waals surface area contributed by atoms with Gasteiger partial charge in [0.25, 0.3) is 0 Å². The van der Waals surface area contributed by atoms with Gasteiger partial charge in [0.2, 0.25) is 11.8 Å². The van der Waals surface area contributed by atoms with Crippen LogP contribution in [-0.4, -0.2) is 26.7 Å². The number of methoxy groups -OCH3 is 1. The molecule has 0 amide bonds. The first-order chi connectivity index (χ1) is 8.78. The minimum Gasteiger partial charge on any atom is -0.481 e. The van der Waals surface area contributed by atoms with Crippen molar-refractivity contribution in [2.24, 2.45) is 0 Å². The quantitative estimate of drug-likeness (QED) is 0.733. The Bertz CT molecular complexity index is 707. The summed E-state index contributed by atoms with van der Waals surface area (Å²) in [4.78, 5) is 8.17. The van der Waals surface area contributed by atoms with E-state index in [4.69, 9.17) is 10.5 Å². The average Bonchev–Trinajstić information content (AvgIpc) is 2.85. The number of nitrogens with zero attached hydrogens (tertiary/aromatic N) is 4. The van der Waals surface area contributed by atoms with E-state index in [0.717, 1.165) is 11.2 Å². The van der Waals surface area contributed by atoms with Gasteiger partial charge in [0, 0.05) is 6.07 Å². The van der Waals surface area contributed by atoms with E-state index >= 15 is 0 Å². The molecule has 0 unspecified atom stereocenters. The highest BCUT2D eigenvalue weighted by Gasteiger charge is 2.08. The van der Waals surface area contributed by atoms with E-state index in [1.807, 2.05) is 24.3 Å². The summed E-state index contributed by atoms with van der Waals surface area (Å²) in [6, 6.07) is 9.48. The molecule has 6 nitrogen and oxygen atoms in total. The normalized spacial score (nSPS) is 10.7. The number of fused-ring (bicyclic) bond motifs is 1. The molecule has 3 aromatic heterocycles. The van der Waals surface area contributed by atoms with Crippen LogP contribution in [-0.2, 0) is 0 Å². The third-order valence-electron chi connectivity index (χ3n) is 2.61. The molecule has 0 aliphatic heterocycles. The molecule has 0 aliphatic carbocycles. The first-order valence-electron chi connectivity index (χ1n) is 5.39. The monoisotopic (exact) mass is 241 g/mol. The van der Waals surface area contributed by atoms with Crippen LogP contribution in [0, 0.1) is 0 Å². The van der Waals surface area contributed by atoms with Gasteiger partial charge in [0.1, 0.15) is 0 Å². The summed E-state index contributed by atoms with van der Waals surface area (Å²) in [5, 5.41) is 4.25. The largest absolute Gasteiger partial charge is 0.481 e. The number of hydrogen-bond donors (Lipinski definition) is 1. The number of anilines is 1. The molecule has 3 heterocycles. The SMILES string of the molecule is COc1cc(-c2cccc3ccnn23)nc(N)n1. The van der Waals surface area contributed by atoms with Gasteiger partial charge in [-0.05, 0) is 18.2 Å². The summed E-state index contributed by atoms with van der Waals surface area (Å²) in [5.41, 5.74) is 8.16. The van der Waals surface area contributed by atoms with Crippen molar-refractivity contribution in [1.82, 2.24) is 19.6 Å². The van der Waals surface area contributed by atoms with Crippen molar-refractivity contribution in [2.75, 3.05) is 12.8 Å². The summed E-state index contributed by atoms with van der Waals surface area (Å²) in [6.45, 7) is 0. The lowest BCUT2D eigenvalue weighted by atomic mass is 10.2. The van der Waals surface area contributed by atoms with Crippen LogP contribution in [0.5, 0.6) is 5.88 Å². The maximum atomic E-state index is 5.66. The maximum absolute atomic E-state index is 5.66. The van der Waals surface area contributed by atoms with Crippen molar-refractivity contribution in [3.63, 3.8) is 0 Å². The molecule has 0 aliphatic rings. The molecule has 3 rings (SSSR count). The van der Waals surface area contributed by atoms with Crippen LogP contribution < -0.4 is 10.5 Å². The molecule has 0 aromatic carbocycles. The Morgan fingerprint density at radius 2 is 2.11 bits per heavy atom. The standard InChI is InChI=1S/C12H11N5O/c1-18-11-7-9(15-12(13)16-11)10-4-2-3-8-5-6-14-17(8)10/h2-7H,1H3,(H2,13,15,16). The van der Waals surface area contributed by atoms with Crippen molar-refractivity contribution in [3.05, 3.63) is 36.5 Å². The maximum Gasteiger partial charge on any atom is 0.223 e. The first kappa shape index (κ1) is 10.5. The van der Waals surface area contributed by atoms with Gasteiger partial charge in [-0.15, -0.1) is 0 Å². The molecule has 18 heavy (non-hydrogen) atoms. The molecule has 0 bridgehead atoms. The lowest BCUT2D eigenvalue weighted by molar-refractivity contribution is 0.398. The summed E-state index contributed by atoms with van der Waals surface area (Å²) in [7, 11) is 1.54. The molecule has 0 saturated carbocycles. The van der Waals surface area contributed by atoms with E-state index in [1.165, 1.54) is 0 Å². The molecule has 3 aromatic rings. The van der Waals surface area contributed by atoms with E-state index in [0.29, 0.717) is 11.6 Å². The summed E-state index contributed by atoms with van der Waals surface area (Å²) in [6.07, 6.45) is 1.74. The van der Waals surface area contributed by atoms with Gasteiger partial charge >= 0.3 is 0 Å². The van der Waals surface area contributed by atoms with Crippen LogP contribution >= 0.6 is 0 Å². The second kappa shape index (κ2) is 3.99. The summed E-state index contributed by atoms with van der Waals surface area (Å²) >= 11 is 0. The summed E-state index contributed by atoms with van der Waals surface area (Å²) in [5.74, 6) is 0.607. The molecule has 0 radical (unpaired) electrons. The van der Waals surface area contributed by atoms with Crippen LogP contribution in [0.2, 0.25) is 0 Å². The Morgan fingerprint density at radius 3 is 2.94 bits per heavy atom. The highest BCUT2D eigenvalue weighted by atomic mass is 16.5. The fourth-order valence-electron chi connectivity index (χ4n) is 1.82. The van der Waals surface area contributed by atoms with Crippen molar-refractivity contribution >= 4 is 11.5 Å². The Balaban J connectivity index is 2.25. The van der Waals surface area contributed by atoms with Gasteiger partial charge in [-0.25, -0.2) is 9.50 Å². The molecule has 0 atom stereocenters. The molecular formula is C12H11N5O. The number of aromatic nitrogens is 4. The van der Waals surface area contributed by atoms with Crippen molar-refractivity contribution in [1.29, 1.82) is 0 Å². The fourth-order valence-corrected chi connectivity index (χ4v) is 1.82. The molecule has 0 fully saturated rings. The van der Waals surface area contributed by atoms with E-state index in [-0.39, 0.29) is 5.95 Å². The fraction of sp³-hybridized carbons (Fsp3) is 0.0833. The van der Waals surface area contributed by atoms with Gasteiger partial charge in [-0.1, -0.05) is 6.07 Å². The second-order valence-corrected chi connectivity index (χ2v) is 3.73. The van der Waals surface area contributed by atoms with E-state index in [9.17, 15) is 0 Å². The Kier molecular flexibility index (Phi) is 2.33. The Hall–Kier alpha value is -2.63. The van der Waals surface area contributed by atoms with E-state index in [2.05, 4.69) is 15.1 Å². The van der Waals surface area contributed by atoms with Crippen molar-refractivity contribution < 1.29 is 4.74 Å². The van der Waals surface area contributed by atoms with Crippen LogP contribution in [0.25, 0.3) is 16.9 Å². The minimum absolute atomic E-state index is 0.175. The number of hydrogen-bond acceptors (Lipinski definition) is 5. The second-order valence-electron chi connectivity index (χ2n) is 3.73. The van der Waals surface area contributed by atoms with Gasteiger partial charge in [-0.2, -0.15) is 10.1 Å². The van der Waals surface area contributed by atoms with Crippen LogP contribution in [0.3, 0.4) is 0 Å². The number of pyridine rings is 1. The first-order valence-corrected chi connectivity index (χ1v) is 5.39.